The van der Waals surface area contributed by atoms with E-state index in [1.54, 1.807) is 31.4 Å². The maximum atomic E-state index is 12.4. The van der Waals surface area contributed by atoms with E-state index < -0.39 is 0 Å². The van der Waals surface area contributed by atoms with Gasteiger partial charge < -0.3 is 19.3 Å². The summed E-state index contributed by atoms with van der Waals surface area (Å²) in [5.41, 5.74) is 0.794. The number of methoxy groups -OCH3 is 2. The van der Waals surface area contributed by atoms with Gasteiger partial charge in [0.2, 0.25) is 5.91 Å². The van der Waals surface area contributed by atoms with Crippen LogP contribution in [0.1, 0.15) is 12.5 Å². The number of benzene rings is 1. The monoisotopic (exact) mass is 338 g/mol. The number of nitrogens with zero attached hydrogens (tertiary/aromatic N) is 2. The summed E-state index contributed by atoms with van der Waals surface area (Å²) < 4.78 is 10.5. The van der Waals surface area contributed by atoms with Crippen molar-refractivity contribution in [2.45, 2.75) is 13.0 Å². The molecule has 6 heteroatoms. The van der Waals surface area contributed by atoms with E-state index in [1.165, 1.54) is 7.11 Å². The molecule has 1 heterocycles. The van der Waals surface area contributed by atoms with Gasteiger partial charge >= 0.3 is 0 Å². The number of likely N-dealkylation sites (N-methyl/N-ethyl adjacent to an activating group) is 1. The SMILES string of the molecule is COc1cc(C=CC(=O)N2CCN(C)CC2C)cc(Cl)c1OC. The van der Waals surface area contributed by atoms with Crippen LogP contribution in [-0.4, -0.2) is 62.7 Å². The van der Waals surface area contributed by atoms with Crippen molar-refractivity contribution in [2.24, 2.45) is 0 Å². The number of amides is 1. The fourth-order valence-electron chi connectivity index (χ4n) is 2.76. The molecule has 126 valence electrons. The number of rotatable bonds is 4. The predicted molar refractivity (Wildman–Crippen MR) is 92.3 cm³/mol. The van der Waals surface area contributed by atoms with Gasteiger partial charge in [-0.05, 0) is 37.7 Å². The zero-order chi connectivity index (χ0) is 17.0. The van der Waals surface area contributed by atoms with Crippen LogP contribution in [0.2, 0.25) is 5.02 Å². The van der Waals surface area contributed by atoms with Gasteiger partial charge in [-0.2, -0.15) is 0 Å². The van der Waals surface area contributed by atoms with E-state index in [0.29, 0.717) is 16.5 Å². The normalized spacial score (nSPS) is 19.2. The second-order valence-corrected chi connectivity index (χ2v) is 6.12. The van der Waals surface area contributed by atoms with Crippen molar-refractivity contribution in [1.82, 2.24) is 9.80 Å². The first-order chi connectivity index (χ1) is 11.0. The van der Waals surface area contributed by atoms with Crippen molar-refractivity contribution < 1.29 is 14.3 Å². The average molecular weight is 339 g/mol. The molecule has 5 nitrogen and oxygen atoms in total. The maximum Gasteiger partial charge on any atom is 0.246 e. The molecule has 0 bridgehead atoms. The Morgan fingerprint density at radius 2 is 2.04 bits per heavy atom. The molecule has 1 unspecified atom stereocenters. The zero-order valence-electron chi connectivity index (χ0n) is 14.0. The summed E-state index contributed by atoms with van der Waals surface area (Å²) in [7, 11) is 5.16. The van der Waals surface area contributed by atoms with Gasteiger partial charge in [0.25, 0.3) is 0 Å². The molecule has 23 heavy (non-hydrogen) atoms. The summed E-state index contributed by atoms with van der Waals surface area (Å²) in [6.45, 7) is 4.59. The number of hydrogen-bond donors (Lipinski definition) is 0. The summed E-state index contributed by atoms with van der Waals surface area (Å²) in [6.07, 6.45) is 3.33. The van der Waals surface area contributed by atoms with E-state index in [1.807, 2.05) is 4.90 Å². The highest BCUT2D eigenvalue weighted by atomic mass is 35.5. The summed E-state index contributed by atoms with van der Waals surface area (Å²) in [5, 5.41) is 0.451. The Morgan fingerprint density at radius 1 is 1.30 bits per heavy atom. The lowest BCUT2D eigenvalue weighted by molar-refractivity contribution is -0.130. The summed E-state index contributed by atoms with van der Waals surface area (Å²) >= 11 is 6.18. The number of ether oxygens (including phenoxy) is 2. The summed E-state index contributed by atoms with van der Waals surface area (Å²) in [5.74, 6) is 1.04. The standard InChI is InChI=1S/C17H23ClN2O3/c1-12-11-19(2)7-8-20(12)16(21)6-5-13-9-14(18)17(23-4)15(10-13)22-3/h5-6,9-10,12H,7-8,11H2,1-4H3. The first-order valence-corrected chi connectivity index (χ1v) is 7.92. The smallest absolute Gasteiger partial charge is 0.246 e. The summed E-state index contributed by atoms with van der Waals surface area (Å²) in [6, 6.07) is 3.75. The van der Waals surface area contributed by atoms with Crippen LogP contribution in [0, 0.1) is 0 Å². The van der Waals surface area contributed by atoms with Crippen molar-refractivity contribution in [1.29, 1.82) is 0 Å². The lowest BCUT2D eigenvalue weighted by Crippen LogP contribution is -2.52. The van der Waals surface area contributed by atoms with Crippen LogP contribution in [0.3, 0.4) is 0 Å². The van der Waals surface area contributed by atoms with E-state index in [4.69, 9.17) is 21.1 Å². The molecule has 0 N–H and O–H groups in total. The Kier molecular flexibility index (Phi) is 5.91. The van der Waals surface area contributed by atoms with Crippen LogP contribution < -0.4 is 9.47 Å². The molecule has 1 aromatic rings. The molecule has 2 rings (SSSR count). The Balaban J connectivity index is 2.13. The van der Waals surface area contributed by atoms with Crippen molar-refractivity contribution in [3.05, 3.63) is 28.8 Å². The number of carbonyl (C=O) groups is 1. The molecule has 1 aromatic carbocycles. The van der Waals surface area contributed by atoms with Gasteiger partial charge in [-0.25, -0.2) is 0 Å². The third-order valence-corrected chi connectivity index (χ3v) is 4.27. The van der Waals surface area contributed by atoms with Gasteiger partial charge in [-0.1, -0.05) is 11.6 Å². The Labute approximate surface area is 142 Å². The lowest BCUT2D eigenvalue weighted by Gasteiger charge is -2.37. The van der Waals surface area contributed by atoms with E-state index in [9.17, 15) is 4.79 Å². The number of piperazine rings is 1. The molecule has 1 saturated heterocycles. The third kappa shape index (κ3) is 4.18. The van der Waals surface area contributed by atoms with Crippen molar-refractivity contribution in [3.63, 3.8) is 0 Å². The molecular weight excluding hydrogens is 316 g/mol. The van der Waals surface area contributed by atoms with Crippen LogP contribution in [0.25, 0.3) is 6.08 Å². The van der Waals surface area contributed by atoms with Gasteiger partial charge in [0.15, 0.2) is 11.5 Å². The highest BCUT2D eigenvalue weighted by molar-refractivity contribution is 6.32. The third-order valence-electron chi connectivity index (χ3n) is 3.99. The van der Waals surface area contributed by atoms with Gasteiger partial charge in [-0.15, -0.1) is 0 Å². The van der Waals surface area contributed by atoms with E-state index in [0.717, 1.165) is 25.2 Å². The Bertz CT molecular complexity index is 604. The minimum Gasteiger partial charge on any atom is -0.493 e. The van der Waals surface area contributed by atoms with Crippen molar-refractivity contribution >= 4 is 23.6 Å². The zero-order valence-corrected chi connectivity index (χ0v) is 14.8. The Hall–Kier alpha value is -1.72. The first-order valence-electron chi connectivity index (χ1n) is 7.55. The van der Waals surface area contributed by atoms with Crippen molar-refractivity contribution in [2.75, 3.05) is 40.9 Å². The molecule has 1 aliphatic heterocycles. The molecule has 0 spiro atoms. The van der Waals surface area contributed by atoms with Crippen LogP contribution in [0.15, 0.2) is 18.2 Å². The van der Waals surface area contributed by atoms with E-state index >= 15 is 0 Å². The largest absolute Gasteiger partial charge is 0.493 e. The van der Waals surface area contributed by atoms with E-state index in [2.05, 4.69) is 18.9 Å². The number of hydrogen-bond acceptors (Lipinski definition) is 4. The lowest BCUT2D eigenvalue weighted by atomic mass is 10.1. The first kappa shape index (κ1) is 17.6. The van der Waals surface area contributed by atoms with Gasteiger partial charge in [0.1, 0.15) is 0 Å². The minimum atomic E-state index is 0.0107. The fourth-order valence-corrected chi connectivity index (χ4v) is 3.06. The molecule has 1 fully saturated rings. The number of carbonyl (C=O) groups excluding carboxylic acids is 1. The maximum absolute atomic E-state index is 12.4. The molecule has 1 amide bonds. The average Bonchev–Trinajstić information content (AvgIpc) is 2.51. The molecule has 0 radical (unpaired) electrons. The second kappa shape index (κ2) is 7.70. The molecular formula is C17H23ClN2O3. The molecule has 1 atom stereocenters. The van der Waals surface area contributed by atoms with Gasteiger partial charge in [-0.3, -0.25) is 4.79 Å². The predicted octanol–water partition coefficient (Wildman–Crippen LogP) is 2.53. The van der Waals surface area contributed by atoms with Gasteiger partial charge in [0.05, 0.1) is 19.2 Å². The van der Waals surface area contributed by atoms with Crippen molar-refractivity contribution in [3.8, 4) is 11.5 Å². The Morgan fingerprint density at radius 3 is 2.65 bits per heavy atom. The molecule has 0 aliphatic carbocycles. The van der Waals surface area contributed by atoms with Crippen LogP contribution >= 0.6 is 11.6 Å². The second-order valence-electron chi connectivity index (χ2n) is 5.71. The van der Waals surface area contributed by atoms with E-state index in [-0.39, 0.29) is 11.9 Å². The molecule has 1 aliphatic rings. The topological polar surface area (TPSA) is 42.0 Å². The quantitative estimate of drug-likeness (QED) is 0.791. The highest BCUT2D eigenvalue weighted by Gasteiger charge is 2.24. The summed E-state index contributed by atoms with van der Waals surface area (Å²) in [4.78, 5) is 16.5. The molecule has 0 aromatic heterocycles. The highest BCUT2D eigenvalue weighted by Crippen LogP contribution is 2.36. The number of halogens is 1. The van der Waals surface area contributed by atoms with Crippen LogP contribution in [-0.2, 0) is 4.79 Å². The van der Waals surface area contributed by atoms with Crippen LogP contribution in [0.5, 0.6) is 11.5 Å². The molecule has 0 saturated carbocycles. The van der Waals surface area contributed by atoms with Gasteiger partial charge in [0, 0.05) is 31.8 Å². The fraction of sp³-hybridized carbons (Fsp3) is 0.471. The minimum absolute atomic E-state index is 0.0107. The van der Waals surface area contributed by atoms with Crippen LogP contribution in [0.4, 0.5) is 0 Å².